The Kier molecular flexibility index (Phi) is 5.33. The molecule has 2 rings (SSSR count). The van der Waals surface area contributed by atoms with Crippen LogP contribution in [0.4, 0.5) is 13.2 Å². The van der Waals surface area contributed by atoms with E-state index in [2.05, 4.69) is 9.46 Å². The Hall–Kier alpha value is -2.20. The third-order valence-electron chi connectivity index (χ3n) is 3.44. The molecule has 10 heteroatoms. The number of carbonyl (C=O) groups excluding carboxylic acids is 1. The number of nitrogens with zero attached hydrogens (tertiary/aromatic N) is 3. The Morgan fingerprint density at radius 2 is 1.96 bits per heavy atom. The second-order valence-corrected chi connectivity index (χ2v) is 7.43. The lowest BCUT2D eigenvalue weighted by atomic mass is 10.0. The number of carbonyl (C=O) groups is 1. The Labute approximate surface area is 142 Å². The van der Waals surface area contributed by atoms with Crippen molar-refractivity contribution in [2.45, 2.75) is 17.3 Å². The van der Waals surface area contributed by atoms with Gasteiger partial charge in [-0.05, 0) is 12.1 Å². The number of ether oxygens (including phenoxy) is 1. The number of hydrogen-bond donors (Lipinski definition) is 0. The number of benzene rings is 1. The summed E-state index contributed by atoms with van der Waals surface area (Å²) in [6, 6.07) is 5.96. The van der Waals surface area contributed by atoms with E-state index in [1.807, 2.05) is 0 Å². The van der Waals surface area contributed by atoms with Crippen molar-refractivity contribution in [3.05, 3.63) is 47.7 Å². The molecule has 0 bridgehead atoms. The highest BCUT2D eigenvalue weighted by molar-refractivity contribution is 7.93. The Morgan fingerprint density at radius 3 is 2.48 bits per heavy atom. The highest BCUT2D eigenvalue weighted by Crippen LogP contribution is 2.36. The van der Waals surface area contributed by atoms with Gasteiger partial charge in [-0.1, -0.05) is 18.2 Å². The molecule has 2 aromatic rings. The largest absolute Gasteiger partial charge is 0.416 e. The standard InChI is InChI=1S/C15H16F3N3O3S/c1-21-12(8-9-19-21)25(3,23)20-14(22)13(24-2)10-6-4-5-7-11(10)15(16,17)18/h4-9,13H,1-3H3. The van der Waals surface area contributed by atoms with E-state index in [4.69, 9.17) is 4.74 Å². The maximum Gasteiger partial charge on any atom is 0.416 e. The summed E-state index contributed by atoms with van der Waals surface area (Å²) < 4.78 is 62.0. The zero-order chi connectivity index (χ0) is 18.8. The first-order valence-electron chi connectivity index (χ1n) is 7.01. The van der Waals surface area contributed by atoms with Crippen molar-refractivity contribution in [1.82, 2.24) is 9.78 Å². The molecule has 1 amide bonds. The normalized spacial score (nSPS) is 15.4. The topological polar surface area (TPSA) is 73.6 Å². The molecule has 136 valence electrons. The fourth-order valence-corrected chi connectivity index (χ4v) is 3.73. The zero-order valence-corrected chi connectivity index (χ0v) is 14.5. The average molecular weight is 375 g/mol. The molecule has 0 aliphatic carbocycles. The maximum atomic E-state index is 13.2. The molecule has 0 fully saturated rings. The number of hydrogen-bond acceptors (Lipinski definition) is 4. The first kappa shape index (κ1) is 19.1. The molecule has 1 heterocycles. The minimum atomic E-state index is -4.66. The summed E-state index contributed by atoms with van der Waals surface area (Å²) in [4.78, 5) is 12.4. The lowest BCUT2D eigenvalue weighted by Crippen LogP contribution is -2.20. The third-order valence-corrected chi connectivity index (χ3v) is 5.14. The Bertz CT molecular complexity index is 899. The molecule has 25 heavy (non-hydrogen) atoms. The molecule has 2 atom stereocenters. The smallest absolute Gasteiger partial charge is 0.367 e. The second kappa shape index (κ2) is 6.96. The van der Waals surface area contributed by atoms with Crippen LogP contribution < -0.4 is 0 Å². The summed E-state index contributed by atoms with van der Waals surface area (Å²) in [6.07, 6.45) is -3.69. The number of aryl methyl sites for hydroxylation is 1. The van der Waals surface area contributed by atoms with Gasteiger partial charge in [0.1, 0.15) is 5.03 Å². The molecular formula is C15H16F3N3O3S. The van der Waals surface area contributed by atoms with E-state index in [-0.39, 0.29) is 10.6 Å². The monoisotopic (exact) mass is 375 g/mol. The van der Waals surface area contributed by atoms with Crippen molar-refractivity contribution < 1.29 is 26.9 Å². The molecule has 0 saturated carbocycles. The number of rotatable bonds is 4. The number of methoxy groups -OCH3 is 1. The number of aromatic nitrogens is 2. The minimum Gasteiger partial charge on any atom is -0.367 e. The molecule has 0 saturated heterocycles. The van der Waals surface area contributed by atoms with Gasteiger partial charge in [-0.15, -0.1) is 0 Å². The predicted molar refractivity (Wildman–Crippen MR) is 84.2 cm³/mol. The lowest BCUT2D eigenvalue weighted by Gasteiger charge is -2.18. The van der Waals surface area contributed by atoms with Crippen LogP contribution in [-0.4, -0.2) is 33.3 Å². The zero-order valence-electron chi connectivity index (χ0n) is 13.6. The minimum absolute atomic E-state index is 0.180. The van der Waals surface area contributed by atoms with Gasteiger partial charge in [0, 0.05) is 26.0 Å². The van der Waals surface area contributed by atoms with Crippen LogP contribution in [0, 0.1) is 0 Å². The molecule has 1 aromatic heterocycles. The SMILES string of the molecule is COC(C(=O)N=S(C)(=O)c1ccnn1C)c1ccccc1C(F)(F)F. The molecule has 0 aliphatic rings. The summed E-state index contributed by atoms with van der Waals surface area (Å²) in [7, 11) is -0.584. The molecule has 0 aliphatic heterocycles. The fourth-order valence-electron chi connectivity index (χ4n) is 2.34. The molecule has 0 N–H and O–H groups in total. The fraction of sp³-hybridized carbons (Fsp3) is 0.333. The Balaban J connectivity index is 2.50. The molecule has 2 unspecified atom stereocenters. The van der Waals surface area contributed by atoms with Gasteiger partial charge in [0.25, 0.3) is 5.91 Å². The van der Waals surface area contributed by atoms with Gasteiger partial charge in [0.2, 0.25) is 0 Å². The number of amides is 1. The molecule has 1 aromatic carbocycles. The van der Waals surface area contributed by atoms with Crippen molar-refractivity contribution in [3.8, 4) is 0 Å². The van der Waals surface area contributed by atoms with Crippen LogP contribution in [0.2, 0.25) is 0 Å². The van der Waals surface area contributed by atoms with Gasteiger partial charge in [0.05, 0.1) is 21.5 Å². The van der Waals surface area contributed by atoms with Gasteiger partial charge in [-0.25, -0.2) is 4.21 Å². The average Bonchev–Trinajstić information content (AvgIpc) is 2.94. The number of alkyl halides is 3. The van der Waals surface area contributed by atoms with Gasteiger partial charge in [0.15, 0.2) is 6.10 Å². The quantitative estimate of drug-likeness (QED) is 0.824. The van der Waals surface area contributed by atoms with Crippen LogP contribution in [0.25, 0.3) is 0 Å². The highest BCUT2D eigenvalue weighted by atomic mass is 32.2. The molecular weight excluding hydrogens is 359 g/mol. The van der Waals surface area contributed by atoms with Crippen molar-refractivity contribution in [2.75, 3.05) is 13.4 Å². The first-order chi connectivity index (χ1) is 11.6. The van der Waals surface area contributed by atoms with Gasteiger partial charge < -0.3 is 4.74 Å². The summed E-state index contributed by atoms with van der Waals surface area (Å²) in [6.45, 7) is 0. The van der Waals surface area contributed by atoms with Crippen molar-refractivity contribution in [2.24, 2.45) is 11.4 Å². The Morgan fingerprint density at radius 1 is 1.32 bits per heavy atom. The summed E-state index contributed by atoms with van der Waals surface area (Å²) in [5.74, 6) is -1.06. The highest BCUT2D eigenvalue weighted by Gasteiger charge is 2.37. The summed E-state index contributed by atoms with van der Waals surface area (Å²) >= 11 is 0. The molecule has 0 radical (unpaired) electrons. The van der Waals surface area contributed by atoms with Crippen LogP contribution in [0.5, 0.6) is 0 Å². The van der Waals surface area contributed by atoms with Gasteiger partial charge >= 0.3 is 6.18 Å². The van der Waals surface area contributed by atoms with Gasteiger partial charge in [-0.2, -0.15) is 22.6 Å². The van der Waals surface area contributed by atoms with Crippen LogP contribution >= 0.6 is 0 Å². The summed E-state index contributed by atoms with van der Waals surface area (Å²) in [5.41, 5.74) is -1.39. The van der Waals surface area contributed by atoms with Crippen LogP contribution in [0.3, 0.4) is 0 Å². The van der Waals surface area contributed by atoms with E-state index in [9.17, 15) is 22.2 Å². The van der Waals surface area contributed by atoms with E-state index in [0.717, 1.165) is 19.2 Å². The summed E-state index contributed by atoms with van der Waals surface area (Å²) in [5, 5.41) is 4.03. The van der Waals surface area contributed by atoms with Crippen LogP contribution in [0.1, 0.15) is 17.2 Å². The maximum absolute atomic E-state index is 13.2. The first-order valence-corrected chi connectivity index (χ1v) is 8.93. The van der Waals surface area contributed by atoms with E-state index >= 15 is 0 Å². The molecule has 6 nitrogen and oxygen atoms in total. The van der Waals surface area contributed by atoms with Crippen LogP contribution in [-0.2, 0) is 32.5 Å². The van der Waals surface area contributed by atoms with Gasteiger partial charge in [-0.3, -0.25) is 9.48 Å². The van der Waals surface area contributed by atoms with E-state index in [0.29, 0.717) is 0 Å². The van der Waals surface area contributed by atoms with Crippen molar-refractivity contribution in [3.63, 3.8) is 0 Å². The van der Waals surface area contributed by atoms with E-state index in [1.165, 1.54) is 42.4 Å². The number of halogens is 3. The van der Waals surface area contributed by atoms with E-state index < -0.39 is 33.5 Å². The van der Waals surface area contributed by atoms with Crippen molar-refractivity contribution in [1.29, 1.82) is 0 Å². The third kappa shape index (κ3) is 4.07. The van der Waals surface area contributed by atoms with Crippen LogP contribution in [0.15, 0.2) is 45.9 Å². The van der Waals surface area contributed by atoms with E-state index in [1.54, 1.807) is 0 Å². The van der Waals surface area contributed by atoms with Crippen molar-refractivity contribution >= 4 is 15.6 Å². The lowest BCUT2D eigenvalue weighted by molar-refractivity contribution is -0.140. The second-order valence-electron chi connectivity index (χ2n) is 5.23. The molecule has 0 spiro atoms. The predicted octanol–water partition coefficient (Wildman–Crippen LogP) is 2.81.